The van der Waals surface area contributed by atoms with Gasteiger partial charge >= 0.3 is 0 Å². The molecule has 0 radical (unpaired) electrons. The first-order valence-corrected chi connectivity index (χ1v) is 7.92. The lowest BCUT2D eigenvalue weighted by molar-refractivity contribution is 0.591. The van der Waals surface area contributed by atoms with E-state index in [1.165, 1.54) is 6.07 Å². The Morgan fingerprint density at radius 3 is 2.70 bits per heavy atom. The Balaban J connectivity index is 2.53. The normalized spacial score (nSPS) is 12.4. The van der Waals surface area contributed by atoms with Crippen molar-refractivity contribution >= 4 is 31.9 Å². The molecule has 0 fully saturated rings. The first-order chi connectivity index (χ1) is 9.52. The topological polar surface area (TPSA) is 24.9 Å². The first-order valence-electron chi connectivity index (χ1n) is 6.33. The number of hydrogen-bond donors (Lipinski definition) is 1. The van der Waals surface area contributed by atoms with Crippen molar-refractivity contribution < 1.29 is 4.39 Å². The third-order valence-electron chi connectivity index (χ3n) is 3.07. The maximum Gasteiger partial charge on any atom is 0.123 e. The zero-order valence-electron chi connectivity index (χ0n) is 11.3. The minimum atomic E-state index is -0.235. The number of aryl methyl sites for hydroxylation is 1. The van der Waals surface area contributed by atoms with Crippen molar-refractivity contribution in [2.75, 3.05) is 6.54 Å². The van der Waals surface area contributed by atoms with E-state index in [9.17, 15) is 4.39 Å². The van der Waals surface area contributed by atoms with Gasteiger partial charge in [-0.1, -0.05) is 13.0 Å². The summed E-state index contributed by atoms with van der Waals surface area (Å²) in [5.74, 6) is -0.235. The molecule has 0 spiro atoms. The first kappa shape index (κ1) is 15.6. The highest BCUT2D eigenvalue weighted by Gasteiger charge is 2.20. The summed E-state index contributed by atoms with van der Waals surface area (Å²) >= 11 is 6.93. The number of pyridine rings is 1. The monoisotopic (exact) mass is 400 g/mol. The van der Waals surface area contributed by atoms with Crippen LogP contribution in [0.3, 0.4) is 0 Å². The third-order valence-corrected chi connectivity index (χ3v) is 4.14. The Morgan fingerprint density at radius 1 is 1.30 bits per heavy atom. The van der Waals surface area contributed by atoms with Gasteiger partial charge in [-0.3, -0.25) is 4.98 Å². The van der Waals surface area contributed by atoms with E-state index in [-0.39, 0.29) is 11.9 Å². The second-order valence-electron chi connectivity index (χ2n) is 4.51. The lowest BCUT2D eigenvalue weighted by Crippen LogP contribution is -2.24. The van der Waals surface area contributed by atoms with Gasteiger partial charge in [0, 0.05) is 15.1 Å². The van der Waals surface area contributed by atoms with Crippen LogP contribution < -0.4 is 5.32 Å². The van der Waals surface area contributed by atoms with Gasteiger partial charge in [-0.05, 0) is 74.7 Å². The van der Waals surface area contributed by atoms with Gasteiger partial charge in [-0.25, -0.2) is 4.39 Å². The molecule has 0 saturated carbocycles. The van der Waals surface area contributed by atoms with E-state index in [2.05, 4.69) is 42.2 Å². The molecule has 2 rings (SSSR count). The average Bonchev–Trinajstić information content (AvgIpc) is 2.40. The maximum absolute atomic E-state index is 13.6. The third kappa shape index (κ3) is 3.45. The minimum Gasteiger partial charge on any atom is -0.305 e. The summed E-state index contributed by atoms with van der Waals surface area (Å²) < 4.78 is 15.4. The second-order valence-corrected chi connectivity index (χ2v) is 6.28. The number of rotatable bonds is 4. The lowest BCUT2D eigenvalue weighted by atomic mass is 9.98. The van der Waals surface area contributed by atoms with Crippen molar-refractivity contribution in [3.8, 4) is 0 Å². The SMILES string of the molecule is CCNC(c1cc(F)ccc1C)c1ncc(Br)cc1Br. The fraction of sp³-hybridized carbons (Fsp3) is 0.267. The van der Waals surface area contributed by atoms with Crippen LogP contribution in [0.1, 0.15) is 29.8 Å². The Morgan fingerprint density at radius 2 is 2.05 bits per heavy atom. The highest BCUT2D eigenvalue weighted by molar-refractivity contribution is 9.11. The van der Waals surface area contributed by atoms with Gasteiger partial charge in [0.15, 0.2) is 0 Å². The molecule has 5 heteroatoms. The van der Waals surface area contributed by atoms with Crippen LogP contribution in [0.2, 0.25) is 0 Å². The van der Waals surface area contributed by atoms with Crippen molar-refractivity contribution in [3.63, 3.8) is 0 Å². The maximum atomic E-state index is 13.6. The van der Waals surface area contributed by atoms with Crippen molar-refractivity contribution in [3.05, 3.63) is 62.0 Å². The smallest absolute Gasteiger partial charge is 0.123 e. The van der Waals surface area contributed by atoms with Crippen LogP contribution in [0.4, 0.5) is 4.39 Å². The molecule has 106 valence electrons. The van der Waals surface area contributed by atoms with Crippen LogP contribution in [0, 0.1) is 12.7 Å². The van der Waals surface area contributed by atoms with Gasteiger partial charge < -0.3 is 5.32 Å². The number of nitrogens with zero attached hydrogens (tertiary/aromatic N) is 1. The molecule has 1 aromatic heterocycles. The van der Waals surface area contributed by atoms with Crippen LogP contribution in [-0.4, -0.2) is 11.5 Å². The van der Waals surface area contributed by atoms with Crippen molar-refractivity contribution in [2.24, 2.45) is 0 Å². The molecule has 0 aliphatic carbocycles. The number of aromatic nitrogens is 1. The molecule has 2 aromatic rings. The molecule has 20 heavy (non-hydrogen) atoms. The second kappa shape index (κ2) is 6.78. The van der Waals surface area contributed by atoms with Crippen LogP contribution in [-0.2, 0) is 0 Å². The minimum absolute atomic E-state index is 0.141. The standard InChI is InChI=1S/C15H15Br2FN2/c1-3-19-14(12-7-11(18)5-4-9(12)2)15-13(17)6-10(16)8-20-15/h4-8,14,19H,3H2,1-2H3. The van der Waals surface area contributed by atoms with Gasteiger partial charge in [0.25, 0.3) is 0 Å². The average molecular weight is 402 g/mol. The Bertz CT molecular complexity index is 617. The predicted octanol–water partition coefficient (Wildman–Crippen LogP) is 4.75. The Kier molecular flexibility index (Phi) is 5.29. The van der Waals surface area contributed by atoms with Crippen LogP contribution >= 0.6 is 31.9 Å². The van der Waals surface area contributed by atoms with Gasteiger partial charge in [-0.2, -0.15) is 0 Å². The molecule has 1 aromatic carbocycles. The van der Waals surface area contributed by atoms with Crippen molar-refractivity contribution in [2.45, 2.75) is 19.9 Å². The molecule has 0 aliphatic rings. The van der Waals surface area contributed by atoms with E-state index in [1.807, 2.05) is 19.9 Å². The molecule has 1 heterocycles. The van der Waals surface area contributed by atoms with E-state index < -0.39 is 0 Å². The van der Waals surface area contributed by atoms with Crippen LogP contribution in [0.25, 0.3) is 0 Å². The van der Waals surface area contributed by atoms with Gasteiger partial charge in [0.1, 0.15) is 5.82 Å². The molecule has 0 bridgehead atoms. The van der Waals surface area contributed by atoms with Crippen LogP contribution in [0.5, 0.6) is 0 Å². The summed E-state index contributed by atoms with van der Waals surface area (Å²) in [4.78, 5) is 4.47. The highest BCUT2D eigenvalue weighted by Crippen LogP contribution is 2.30. The molecule has 0 saturated heterocycles. The summed E-state index contributed by atoms with van der Waals surface area (Å²) in [6, 6.07) is 6.64. The van der Waals surface area contributed by atoms with E-state index >= 15 is 0 Å². The van der Waals surface area contributed by atoms with E-state index in [0.29, 0.717) is 0 Å². The Hall–Kier alpha value is -0.780. The summed E-state index contributed by atoms with van der Waals surface area (Å²) in [5.41, 5.74) is 2.79. The molecule has 1 atom stereocenters. The highest BCUT2D eigenvalue weighted by atomic mass is 79.9. The quantitative estimate of drug-likeness (QED) is 0.799. The van der Waals surface area contributed by atoms with Gasteiger partial charge in [0.05, 0.1) is 11.7 Å². The van der Waals surface area contributed by atoms with Gasteiger partial charge in [-0.15, -0.1) is 0 Å². The fourth-order valence-electron chi connectivity index (χ4n) is 2.12. The lowest BCUT2D eigenvalue weighted by Gasteiger charge is -2.21. The number of halogens is 3. The molecule has 0 aliphatic heterocycles. The zero-order valence-corrected chi connectivity index (χ0v) is 14.4. The number of nitrogens with one attached hydrogen (secondary N) is 1. The summed E-state index contributed by atoms with van der Waals surface area (Å²) in [6.07, 6.45) is 1.75. The van der Waals surface area contributed by atoms with Crippen molar-refractivity contribution in [1.82, 2.24) is 10.3 Å². The van der Waals surface area contributed by atoms with Crippen molar-refractivity contribution in [1.29, 1.82) is 0 Å². The molecular formula is C15H15Br2FN2. The molecule has 0 amide bonds. The summed E-state index contributed by atoms with van der Waals surface area (Å²) in [6.45, 7) is 4.77. The summed E-state index contributed by atoms with van der Waals surface area (Å²) in [5, 5.41) is 3.37. The summed E-state index contributed by atoms with van der Waals surface area (Å²) in [7, 11) is 0. The largest absolute Gasteiger partial charge is 0.305 e. The number of hydrogen-bond acceptors (Lipinski definition) is 2. The molecule has 2 nitrogen and oxygen atoms in total. The van der Waals surface area contributed by atoms with Gasteiger partial charge in [0.2, 0.25) is 0 Å². The molecule has 1 unspecified atom stereocenters. The predicted molar refractivity (Wildman–Crippen MR) is 86.3 cm³/mol. The molecule has 1 N–H and O–H groups in total. The van der Waals surface area contributed by atoms with E-state index in [0.717, 1.165) is 32.3 Å². The number of benzene rings is 1. The Labute approximate surface area is 135 Å². The van der Waals surface area contributed by atoms with Crippen LogP contribution in [0.15, 0.2) is 39.4 Å². The molecular weight excluding hydrogens is 387 g/mol. The van der Waals surface area contributed by atoms with E-state index in [1.54, 1.807) is 18.3 Å². The fourth-order valence-corrected chi connectivity index (χ4v) is 3.33. The van der Waals surface area contributed by atoms with E-state index in [4.69, 9.17) is 0 Å². The zero-order chi connectivity index (χ0) is 14.7.